The summed E-state index contributed by atoms with van der Waals surface area (Å²) in [5.41, 5.74) is 3.20. The van der Waals surface area contributed by atoms with E-state index in [1.54, 1.807) is 0 Å². The maximum absolute atomic E-state index is 12.9. The summed E-state index contributed by atoms with van der Waals surface area (Å²) in [6, 6.07) is 12.6. The fourth-order valence-corrected chi connectivity index (χ4v) is 2.91. The lowest BCUT2D eigenvalue weighted by atomic mass is 10.1. The molecule has 0 atom stereocenters. The number of hydrogen-bond donors (Lipinski definition) is 1. The molecule has 0 saturated carbocycles. The molecule has 0 aliphatic carbocycles. The molecule has 0 aliphatic rings. The third-order valence-electron chi connectivity index (χ3n) is 3.27. The third-order valence-corrected chi connectivity index (χ3v) is 4.09. The Morgan fingerprint density at radius 1 is 1.15 bits per heavy atom. The number of rotatable bonds is 3. The SMILES string of the molecule is Fc1ccc(CCn2c(=S)[nH]c3cc(Br)ccc32)cc1. The maximum atomic E-state index is 12.9. The summed E-state index contributed by atoms with van der Waals surface area (Å²) in [6.45, 7) is 0.770. The van der Waals surface area contributed by atoms with E-state index in [0.29, 0.717) is 4.77 Å². The number of aryl methyl sites for hydroxylation is 2. The zero-order valence-corrected chi connectivity index (χ0v) is 13.0. The van der Waals surface area contributed by atoms with Gasteiger partial charge >= 0.3 is 0 Å². The Morgan fingerprint density at radius 2 is 1.90 bits per heavy atom. The lowest BCUT2D eigenvalue weighted by Crippen LogP contribution is -2.01. The van der Waals surface area contributed by atoms with Crippen molar-refractivity contribution in [3.05, 3.63) is 63.1 Å². The van der Waals surface area contributed by atoms with Crippen molar-refractivity contribution in [3.63, 3.8) is 0 Å². The first-order valence-electron chi connectivity index (χ1n) is 6.26. The van der Waals surface area contributed by atoms with Crippen molar-refractivity contribution in [2.75, 3.05) is 0 Å². The van der Waals surface area contributed by atoms with Gasteiger partial charge in [0.1, 0.15) is 5.82 Å². The minimum Gasteiger partial charge on any atom is -0.331 e. The summed E-state index contributed by atoms with van der Waals surface area (Å²) in [7, 11) is 0. The van der Waals surface area contributed by atoms with E-state index >= 15 is 0 Å². The molecule has 102 valence electrons. The monoisotopic (exact) mass is 350 g/mol. The number of imidazole rings is 1. The smallest absolute Gasteiger partial charge is 0.178 e. The highest BCUT2D eigenvalue weighted by molar-refractivity contribution is 9.10. The van der Waals surface area contributed by atoms with Gasteiger partial charge in [-0.3, -0.25) is 0 Å². The number of halogens is 2. The number of hydrogen-bond acceptors (Lipinski definition) is 1. The zero-order valence-electron chi connectivity index (χ0n) is 10.6. The predicted octanol–water partition coefficient (Wildman–Crippen LogP) is 4.84. The van der Waals surface area contributed by atoms with Crippen LogP contribution in [-0.2, 0) is 13.0 Å². The summed E-state index contributed by atoms with van der Waals surface area (Å²) < 4.78 is 16.7. The van der Waals surface area contributed by atoms with Gasteiger partial charge in [0.15, 0.2) is 4.77 Å². The second kappa shape index (κ2) is 5.50. The standard InChI is InChI=1S/C15H12BrFN2S/c16-11-3-6-14-13(9-11)18-15(20)19(14)8-7-10-1-4-12(17)5-2-10/h1-6,9H,7-8H2,(H,18,20). The molecule has 0 spiro atoms. The average Bonchev–Trinajstić information content (AvgIpc) is 2.73. The van der Waals surface area contributed by atoms with Crippen molar-refractivity contribution >= 4 is 39.2 Å². The van der Waals surface area contributed by atoms with Gasteiger partial charge in [0.05, 0.1) is 11.0 Å². The van der Waals surface area contributed by atoms with Crippen LogP contribution in [0.1, 0.15) is 5.56 Å². The zero-order chi connectivity index (χ0) is 14.1. The van der Waals surface area contributed by atoms with E-state index in [0.717, 1.165) is 34.0 Å². The number of benzene rings is 2. The topological polar surface area (TPSA) is 20.7 Å². The van der Waals surface area contributed by atoms with Gasteiger partial charge in [0.2, 0.25) is 0 Å². The van der Waals surface area contributed by atoms with E-state index in [4.69, 9.17) is 12.2 Å². The van der Waals surface area contributed by atoms with E-state index in [9.17, 15) is 4.39 Å². The van der Waals surface area contributed by atoms with E-state index in [2.05, 4.69) is 25.5 Å². The molecule has 20 heavy (non-hydrogen) atoms. The van der Waals surface area contributed by atoms with Crippen LogP contribution < -0.4 is 0 Å². The molecule has 1 heterocycles. The number of aromatic amines is 1. The Kier molecular flexibility index (Phi) is 3.72. The molecule has 0 unspecified atom stereocenters. The first-order chi connectivity index (χ1) is 9.63. The van der Waals surface area contributed by atoms with Crippen LogP contribution in [-0.4, -0.2) is 9.55 Å². The van der Waals surface area contributed by atoms with Crippen LogP contribution >= 0.6 is 28.1 Å². The molecule has 0 saturated heterocycles. The summed E-state index contributed by atoms with van der Waals surface area (Å²) in [4.78, 5) is 3.20. The minimum absolute atomic E-state index is 0.206. The van der Waals surface area contributed by atoms with E-state index in [1.807, 2.05) is 30.3 Å². The van der Waals surface area contributed by atoms with Crippen molar-refractivity contribution in [2.24, 2.45) is 0 Å². The molecule has 5 heteroatoms. The van der Waals surface area contributed by atoms with Gasteiger partial charge in [-0.05, 0) is 54.5 Å². The number of fused-ring (bicyclic) bond motifs is 1. The van der Waals surface area contributed by atoms with Gasteiger partial charge in [-0.1, -0.05) is 28.1 Å². The lowest BCUT2D eigenvalue weighted by molar-refractivity contribution is 0.625. The average molecular weight is 351 g/mol. The van der Waals surface area contributed by atoms with Crippen LogP contribution in [0.25, 0.3) is 11.0 Å². The quantitative estimate of drug-likeness (QED) is 0.670. The molecular formula is C15H12BrFN2S. The fourth-order valence-electron chi connectivity index (χ4n) is 2.25. The summed E-state index contributed by atoms with van der Waals surface area (Å²) in [5.74, 6) is -0.206. The Hall–Kier alpha value is -1.46. The highest BCUT2D eigenvalue weighted by atomic mass is 79.9. The van der Waals surface area contributed by atoms with E-state index in [-0.39, 0.29) is 5.82 Å². The molecule has 3 aromatic rings. The molecule has 2 aromatic carbocycles. The van der Waals surface area contributed by atoms with Gasteiger partial charge in [-0.2, -0.15) is 0 Å². The van der Waals surface area contributed by atoms with Gasteiger partial charge in [0, 0.05) is 11.0 Å². The van der Waals surface area contributed by atoms with Gasteiger partial charge in [-0.15, -0.1) is 0 Å². The maximum Gasteiger partial charge on any atom is 0.178 e. The fraction of sp³-hybridized carbons (Fsp3) is 0.133. The molecule has 0 fully saturated rings. The second-order valence-electron chi connectivity index (χ2n) is 4.62. The predicted molar refractivity (Wildman–Crippen MR) is 84.9 cm³/mol. The van der Waals surface area contributed by atoms with Crippen LogP contribution in [0.3, 0.4) is 0 Å². The van der Waals surface area contributed by atoms with E-state index in [1.165, 1.54) is 12.1 Å². The van der Waals surface area contributed by atoms with Gasteiger partial charge in [0.25, 0.3) is 0 Å². The normalized spacial score (nSPS) is 11.1. The Labute approximate surface area is 129 Å². The van der Waals surface area contributed by atoms with Crippen LogP contribution in [0.2, 0.25) is 0 Å². The van der Waals surface area contributed by atoms with Gasteiger partial charge in [-0.25, -0.2) is 4.39 Å². The van der Waals surface area contributed by atoms with Crippen molar-refractivity contribution in [1.29, 1.82) is 0 Å². The number of H-pyrrole nitrogens is 1. The Balaban J connectivity index is 1.89. The van der Waals surface area contributed by atoms with E-state index < -0.39 is 0 Å². The van der Waals surface area contributed by atoms with Crippen LogP contribution in [0, 0.1) is 10.6 Å². The molecule has 3 rings (SSSR count). The lowest BCUT2D eigenvalue weighted by Gasteiger charge is -2.05. The van der Waals surface area contributed by atoms with Crippen LogP contribution in [0.15, 0.2) is 46.9 Å². The molecule has 1 N–H and O–H groups in total. The molecular weight excluding hydrogens is 339 g/mol. The van der Waals surface area contributed by atoms with Crippen molar-refractivity contribution in [2.45, 2.75) is 13.0 Å². The van der Waals surface area contributed by atoms with Gasteiger partial charge < -0.3 is 9.55 Å². The molecule has 0 bridgehead atoms. The van der Waals surface area contributed by atoms with Crippen LogP contribution in [0.4, 0.5) is 4.39 Å². The molecule has 1 aromatic heterocycles. The number of nitrogens with one attached hydrogen (secondary N) is 1. The number of nitrogens with zero attached hydrogens (tertiary/aromatic N) is 1. The number of aromatic nitrogens is 2. The van der Waals surface area contributed by atoms with Crippen molar-refractivity contribution in [3.8, 4) is 0 Å². The minimum atomic E-state index is -0.206. The Bertz CT molecular complexity index is 805. The summed E-state index contributed by atoms with van der Waals surface area (Å²) in [6.07, 6.45) is 0.817. The largest absolute Gasteiger partial charge is 0.331 e. The summed E-state index contributed by atoms with van der Waals surface area (Å²) >= 11 is 8.81. The Morgan fingerprint density at radius 3 is 2.65 bits per heavy atom. The van der Waals surface area contributed by atoms with Crippen LogP contribution in [0.5, 0.6) is 0 Å². The first-order valence-corrected chi connectivity index (χ1v) is 7.46. The highest BCUT2D eigenvalue weighted by Gasteiger charge is 2.05. The summed E-state index contributed by atoms with van der Waals surface area (Å²) in [5, 5.41) is 0. The molecule has 2 nitrogen and oxygen atoms in total. The van der Waals surface area contributed by atoms with Crippen molar-refractivity contribution < 1.29 is 4.39 Å². The molecule has 0 amide bonds. The molecule has 0 aliphatic heterocycles. The highest BCUT2D eigenvalue weighted by Crippen LogP contribution is 2.20. The first kappa shape index (κ1) is 13.5. The second-order valence-corrected chi connectivity index (χ2v) is 5.92. The third kappa shape index (κ3) is 2.69. The van der Waals surface area contributed by atoms with Crippen molar-refractivity contribution in [1.82, 2.24) is 9.55 Å². The molecule has 0 radical (unpaired) electrons.